The molecule has 3 rings (SSSR count). The number of fused-ring (bicyclic) bond motifs is 1. The predicted octanol–water partition coefficient (Wildman–Crippen LogP) is 4.01. The summed E-state index contributed by atoms with van der Waals surface area (Å²) in [6.07, 6.45) is 0. The second-order valence-corrected chi connectivity index (χ2v) is 7.42. The number of methoxy groups -OCH3 is 1. The van der Waals surface area contributed by atoms with Crippen molar-refractivity contribution in [3.8, 4) is 5.75 Å². The molecule has 0 saturated carbocycles. The van der Waals surface area contributed by atoms with E-state index in [1.54, 1.807) is 18.4 Å². The average molecular weight is 344 g/mol. The van der Waals surface area contributed by atoms with Crippen LogP contribution in [0.3, 0.4) is 0 Å². The van der Waals surface area contributed by atoms with Crippen molar-refractivity contribution < 1.29 is 4.74 Å². The highest BCUT2D eigenvalue weighted by Gasteiger charge is 2.19. The lowest BCUT2D eigenvalue weighted by Gasteiger charge is -2.24. The van der Waals surface area contributed by atoms with Gasteiger partial charge in [0.05, 0.1) is 17.5 Å². The SMILES string of the molecule is COc1ccccc1CN(CC(C)C)c1nc2c(s1)c(C)nn2C. The van der Waals surface area contributed by atoms with E-state index in [1.165, 1.54) is 10.3 Å². The van der Waals surface area contributed by atoms with Crippen LogP contribution in [0.5, 0.6) is 5.75 Å². The van der Waals surface area contributed by atoms with Gasteiger partial charge in [-0.05, 0) is 18.9 Å². The molecule has 0 fully saturated rings. The van der Waals surface area contributed by atoms with Gasteiger partial charge in [-0.3, -0.25) is 0 Å². The molecule has 3 aromatic rings. The summed E-state index contributed by atoms with van der Waals surface area (Å²) in [7, 11) is 3.67. The van der Waals surface area contributed by atoms with Gasteiger partial charge in [-0.15, -0.1) is 0 Å². The maximum atomic E-state index is 5.51. The quantitative estimate of drug-likeness (QED) is 0.678. The van der Waals surface area contributed by atoms with Crippen molar-refractivity contribution in [2.24, 2.45) is 13.0 Å². The molecule has 6 heteroatoms. The summed E-state index contributed by atoms with van der Waals surface area (Å²) in [4.78, 5) is 7.18. The molecular weight excluding hydrogens is 320 g/mol. The number of benzene rings is 1. The monoisotopic (exact) mass is 344 g/mol. The lowest BCUT2D eigenvalue weighted by molar-refractivity contribution is 0.408. The van der Waals surface area contributed by atoms with Crippen molar-refractivity contribution in [1.29, 1.82) is 0 Å². The van der Waals surface area contributed by atoms with Crippen molar-refractivity contribution >= 4 is 26.8 Å². The fraction of sp³-hybridized carbons (Fsp3) is 0.444. The van der Waals surface area contributed by atoms with Crippen LogP contribution in [0.4, 0.5) is 5.13 Å². The molecule has 0 spiro atoms. The van der Waals surface area contributed by atoms with Gasteiger partial charge in [0.15, 0.2) is 10.8 Å². The Hall–Kier alpha value is -2.08. The van der Waals surface area contributed by atoms with Crippen molar-refractivity contribution in [2.45, 2.75) is 27.3 Å². The first-order valence-electron chi connectivity index (χ1n) is 8.16. The summed E-state index contributed by atoms with van der Waals surface area (Å²) < 4.78 is 8.54. The number of rotatable bonds is 6. The molecule has 0 N–H and O–H groups in total. The molecule has 0 saturated heterocycles. The number of aromatic nitrogens is 3. The molecule has 0 aliphatic rings. The molecule has 0 amide bonds. The van der Waals surface area contributed by atoms with E-state index in [2.05, 4.69) is 36.0 Å². The number of aryl methyl sites for hydroxylation is 2. The Morgan fingerprint density at radius 3 is 2.71 bits per heavy atom. The molecule has 24 heavy (non-hydrogen) atoms. The minimum atomic E-state index is 0.547. The standard InChI is InChI=1S/C18H24N4OS/c1-12(2)10-22(11-14-8-6-7-9-15(14)23-5)18-19-17-16(24-18)13(3)20-21(17)4/h6-9,12H,10-11H2,1-5H3. The highest BCUT2D eigenvalue weighted by Crippen LogP contribution is 2.33. The van der Waals surface area contributed by atoms with Gasteiger partial charge < -0.3 is 9.64 Å². The first-order chi connectivity index (χ1) is 11.5. The summed E-state index contributed by atoms with van der Waals surface area (Å²) in [5, 5.41) is 5.49. The molecule has 5 nitrogen and oxygen atoms in total. The first kappa shape index (κ1) is 16.8. The Kier molecular flexibility index (Phi) is 4.76. The van der Waals surface area contributed by atoms with Gasteiger partial charge in [0.25, 0.3) is 0 Å². The zero-order valence-electron chi connectivity index (χ0n) is 14.9. The lowest BCUT2D eigenvalue weighted by Crippen LogP contribution is -2.27. The fourth-order valence-corrected chi connectivity index (χ4v) is 3.94. The third-order valence-corrected chi connectivity index (χ3v) is 5.16. The van der Waals surface area contributed by atoms with E-state index in [9.17, 15) is 0 Å². The summed E-state index contributed by atoms with van der Waals surface area (Å²) >= 11 is 1.72. The second-order valence-electron chi connectivity index (χ2n) is 6.44. The third-order valence-electron chi connectivity index (χ3n) is 3.94. The van der Waals surface area contributed by atoms with E-state index >= 15 is 0 Å². The van der Waals surface area contributed by atoms with Crippen LogP contribution in [0.2, 0.25) is 0 Å². The number of hydrogen-bond donors (Lipinski definition) is 0. The number of thiazole rings is 1. The van der Waals surface area contributed by atoms with Crippen LogP contribution in [0, 0.1) is 12.8 Å². The summed E-state index contributed by atoms with van der Waals surface area (Å²) in [5.74, 6) is 1.47. The Labute approximate surface area is 146 Å². The summed E-state index contributed by atoms with van der Waals surface area (Å²) in [6, 6.07) is 8.18. The average Bonchev–Trinajstić information content (AvgIpc) is 3.09. The van der Waals surface area contributed by atoms with Gasteiger partial charge in [0, 0.05) is 25.7 Å². The Morgan fingerprint density at radius 2 is 2.04 bits per heavy atom. The molecule has 0 unspecified atom stereocenters. The van der Waals surface area contributed by atoms with E-state index in [1.807, 2.05) is 30.8 Å². The highest BCUT2D eigenvalue weighted by molar-refractivity contribution is 7.22. The normalized spacial score (nSPS) is 11.4. The maximum Gasteiger partial charge on any atom is 0.188 e. The lowest BCUT2D eigenvalue weighted by atomic mass is 10.1. The smallest absolute Gasteiger partial charge is 0.188 e. The Bertz CT molecular complexity index is 802. The predicted molar refractivity (Wildman–Crippen MR) is 100 cm³/mol. The second kappa shape index (κ2) is 6.81. The van der Waals surface area contributed by atoms with Gasteiger partial charge in [0.1, 0.15) is 5.75 Å². The van der Waals surface area contributed by atoms with Crippen molar-refractivity contribution in [3.63, 3.8) is 0 Å². The van der Waals surface area contributed by atoms with Gasteiger partial charge in [-0.25, -0.2) is 9.67 Å². The zero-order valence-corrected chi connectivity index (χ0v) is 15.7. The van der Waals surface area contributed by atoms with Crippen LogP contribution in [-0.4, -0.2) is 28.4 Å². The molecular formula is C18H24N4OS. The van der Waals surface area contributed by atoms with E-state index in [0.29, 0.717) is 5.92 Å². The third kappa shape index (κ3) is 3.24. The van der Waals surface area contributed by atoms with Crippen LogP contribution in [0.25, 0.3) is 10.3 Å². The molecule has 2 heterocycles. The number of anilines is 1. The highest BCUT2D eigenvalue weighted by atomic mass is 32.1. The first-order valence-corrected chi connectivity index (χ1v) is 8.98. The van der Waals surface area contributed by atoms with Crippen LogP contribution < -0.4 is 9.64 Å². The molecule has 0 aliphatic carbocycles. The molecule has 128 valence electrons. The minimum Gasteiger partial charge on any atom is -0.496 e. The van der Waals surface area contributed by atoms with Crippen molar-refractivity contribution in [1.82, 2.24) is 14.8 Å². The van der Waals surface area contributed by atoms with Crippen LogP contribution in [0.15, 0.2) is 24.3 Å². The zero-order chi connectivity index (χ0) is 17.3. The van der Waals surface area contributed by atoms with E-state index < -0.39 is 0 Å². The van der Waals surface area contributed by atoms with Crippen LogP contribution in [0.1, 0.15) is 25.1 Å². The van der Waals surface area contributed by atoms with Crippen LogP contribution in [-0.2, 0) is 13.6 Å². The molecule has 0 aliphatic heterocycles. The van der Waals surface area contributed by atoms with E-state index in [4.69, 9.17) is 9.72 Å². The molecule has 0 atom stereocenters. The number of hydrogen-bond acceptors (Lipinski definition) is 5. The summed E-state index contributed by atoms with van der Waals surface area (Å²) in [5.41, 5.74) is 3.18. The number of ether oxygens (including phenoxy) is 1. The van der Waals surface area contributed by atoms with Crippen molar-refractivity contribution in [2.75, 3.05) is 18.6 Å². The molecule has 2 aromatic heterocycles. The van der Waals surface area contributed by atoms with E-state index in [-0.39, 0.29) is 0 Å². The van der Waals surface area contributed by atoms with Gasteiger partial charge in [-0.2, -0.15) is 5.10 Å². The molecule has 0 radical (unpaired) electrons. The van der Waals surface area contributed by atoms with Gasteiger partial charge >= 0.3 is 0 Å². The summed E-state index contributed by atoms with van der Waals surface area (Å²) in [6.45, 7) is 8.24. The van der Waals surface area contributed by atoms with E-state index in [0.717, 1.165) is 35.3 Å². The van der Waals surface area contributed by atoms with Gasteiger partial charge in [-0.1, -0.05) is 43.4 Å². The number of para-hydroxylation sites is 1. The topological polar surface area (TPSA) is 43.2 Å². The molecule has 0 bridgehead atoms. The minimum absolute atomic E-state index is 0.547. The fourth-order valence-electron chi connectivity index (χ4n) is 2.90. The Balaban J connectivity index is 1.97. The Morgan fingerprint density at radius 1 is 1.29 bits per heavy atom. The largest absolute Gasteiger partial charge is 0.496 e. The number of nitrogens with zero attached hydrogens (tertiary/aromatic N) is 4. The maximum absolute atomic E-state index is 5.51. The van der Waals surface area contributed by atoms with Crippen molar-refractivity contribution in [3.05, 3.63) is 35.5 Å². The molecule has 1 aromatic carbocycles. The van der Waals surface area contributed by atoms with Crippen LogP contribution >= 0.6 is 11.3 Å². The van der Waals surface area contributed by atoms with Gasteiger partial charge in [0.2, 0.25) is 0 Å².